The lowest BCUT2D eigenvalue weighted by atomic mass is 10.1. The highest BCUT2D eigenvalue weighted by molar-refractivity contribution is 6.31. The Morgan fingerprint density at radius 3 is 2.89 bits per heavy atom. The van der Waals surface area contributed by atoms with Crippen molar-refractivity contribution >= 4 is 11.6 Å². The van der Waals surface area contributed by atoms with Crippen LogP contribution in [0.1, 0.15) is 30.8 Å². The second kappa shape index (κ2) is 6.03. The van der Waals surface area contributed by atoms with Crippen LogP contribution in [0.2, 0.25) is 5.02 Å². The van der Waals surface area contributed by atoms with Gasteiger partial charge in [0, 0.05) is 30.4 Å². The maximum atomic E-state index is 10.2. The van der Waals surface area contributed by atoms with Crippen molar-refractivity contribution in [1.82, 2.24) is 9.55 Å². The quantitative estimate of drug-likeness (QED) is 0.900. The third kappa shape index (κ3) is 2.92. The van der Waals surface area contributed by atoms with Crippen LogP contribution in [0.4, 0.5) is 0 Å². The number of nitrogens with zero attached hydrogens (tertiary/aromatic N) is 2. The molecule has 0 bridgehead atoms. The summed E-state index contributed by atoms with van der Waals surface area (Å²) in [5.41, 5.74) is 0.755. The van der Waals surface area contributed by atoms with Gasteiger partial charge in [0.05, 0.1) is 6.10 Å². The lowest BCUT2D eigenvalue weighted by Crippen LogP contribution is -2.09. The van der Waals surface area contributed by atoms with E-state index in [-0.39, 0.29) is 0 Å². The summed E-state index contributed by atoms with van der Waals surface area (Å²) >= 11 is 6.07. The minimum atomic E-state index is -0.614. The Balaban J connectivity index is 2.14. The maximum absolute atomic E-state index is 10.2. The molecular weight excluding hydrogens is 248 g/mol. The van der Waals surface area contributed by atoms with Gasteiger partial charge in [0.25, 0.3) is 0 Å². The smallest absolute Gasteiger partial charge is 0.111 e. The molecule has 96 valence electrons. The van der Waals surface area contributed by atoms with Gasteiger partial charge >= 0.3 is 0 Å². The summed E-state index contributed by atoms with van der Waals surface area (Å²) in [5.74, 6) is 0.893. The lowest BCUT2D eigenvalue weighted by Gasteiger charge is -2.13. The highest BCUT2D eigenvalue weighted by Crippen LogP contribution is 2.24. The summed E-state index contributed by atoms with van der Waals surface area (Å²) in [6.45, 7) is 3.04. The first-order valence-corrected chi connectivity index (χ1v) is 6.52. The van der Waals surface area contributed by atoms with E-state index in [0.29, 0.717) is 11.4 Å². The van der Waals surface area contributed by atoms with Gasteiger partial charge in [-0.3, -0.25) is 0 Å². The fraction of sp³-hybridized carbons (Fsp3) is 0.357. The van der Waals surface area contributed by atoms with Crippen molar-refractivity contribution in [3.05, 3.63) is 53.1 Å². The molecule has 2 aromatic rings. The number of benzene rings is 1. The average Bonchev–Trinajstić information content (AvgIpc) is 2.78. The summed E-state index contributed by atoms with van der Waals surface area (Å²) in [6.07, 6.45) is 4.63. The van der Waals surface area contributed by atoms with Crippen molar-refractivity contribution in [1.29, 1.82) is 0 Å². The molecule has 0 fully saturated rings. The number of rotatable bonds is 5. The minimum absolute atomic E-state index is 0.483. The van der Waals surface area contributed by atoms with Gasteiger partial charge in [-0.15, -0.1) is 0 Å². The normalized spacial score (nSPS) is 12.6. The van der Waals surface area contributed by atoms with E-state index in [9.17, 15) is 5.11 Å². The SMILES string of the molecule is CCCn1ccnc1CC(O)c1ccccc1Cl. The van der Waals surface area contributed by atoms with Crippen molar-refractivity contribution in [2.24, 2.45) is 0 Å². The van der Waals surface area contributed by atoms with Crippen LogP contribution < -0.4 is 0 Å². The average molecular weight is 265 g/mol. The molecule has 1 aromatic carbocycles. The van der Waals surface area contributed by atoms with Gasteiger partial charge in [-0.25, -0.2) is 4.98 Å². The Hall–Kier alpha value is -1.32. The largest absolute Gasteiger partial charge is 0.388 e. The first-order valence-electron chi connectivity index (χ1n) is 6.15. The zero-order valence-corrected chi connectivity index (χ0v) is 11.1. The van der Waals surface area contributed by atoms with E-state index in [2.05, 4.69) is 16.5 Å². The second-order valence-electron chi connectivity index (χ2n) is 4.28. The molecule has 1 aromatic heterocycles. The highest BCUT2D eigenvalue weighted by atomic mass is 35.5. The van der Waals surface area contributed by atoms with Gasteiger partial charge in [-0.05, 0) is 18.1 Å². The van der Waals surface area contributed by atoms with Crippen LogP contribution in [0.5, 0.6) is 0 Å². The molecule has 3 nitrogen and oxygen atoms in total. The molecule has 0 aliphatic carbocycles. The van der Waals surface area contributed by atoms with E-state index in [0.717, 1.165) is 24.4 Å². The van der Waals surface area contributed by atoms with E-state index in [1.165, 1.54) is 0 Å². The summed E-state index contributed by atoms with van der Waals surface area (Å²) in [4.78, 5) is 4.29. The van der Waals surface area contributed by atoms with E-state index < -0.39 is 6.10 Å². The van der Waals surface area contributed by atoms with Crippen LogP contribution in [-0.4, -0.2) is 14.7 Å². The minimum Gasteiger partial charge on any atom is -0.388 e. The molecule has 1 unspecified atom stereocenters. The number of aromatic nitrogens is 2. The summed E-state index contributed by atoms with van der Waals surface area (Å²) in [5, 5.41) is 10.8. The zero-order chi connectivity index (χ0) is 13.0. The Morgan fingerprint density at radius 2 is 2.17 bits per heavy atom. The van der Waals surface area contributed by atoms with Crippen LogP contribution in [0.3, 0.4) is 0 Å². The third-order valence-corrected chi connectivity index (χ3v) is 3.25. The molecule has 0 aliphatic heterocycles. The topological polar surface area (TPSA) is 38.0 Å². The van der Waals surface area contributed by atoms with E-state index in [1.54, 1.807) is 12.3 Å². The molecule has 2 rings (SSSR count). The molecule has 0 saturated carbocycles. The number of imidazole rings is 1. The fourth-order valence-electron chi connectivity index (χ4n) is 2.00. The summed E-state index contributed by atoms with van der Waals surface area (Å²) < 4.78 is 2.07. The van der Waals surface area contributed by atoms with E-state index in [1.807, 2.05) is 24.4 Å². The Kier molecular flexibility index (Phi) is 4.39. The van der Waals surface area contributed by atoms with Crippen LogP contribution >= 0.6 is 11.6 Å². The van der Waals surface area contributed by atoms with Crippen molar-refractivity contribution < 1.29 is 5.11 Å². The van der Waals surface area contributed by atoms with Crippen molar-refractivity contribution in [2.75, 3.05) is 0 Å². The Labute approximate surface area is 112 Å². The maximum Gasteiger partial charge on any atom is 0.111 e. The molecule has 0 aliphatic rings. The number of hydrogen-bond donors (Lipinski definition) is 1. The van der Waals surface area contributed by atoms with Gasteiger partial charge in [0.2, 0.25) is 0 Å². The van der Waals surface area contributed by atoms with Crippen LogP contribution in [0.25, 0.3) is 0 Å². The van der Waals surface area contributed by atoms with Crippen molar-refractivity contribution in [3.63, 3.8) is 0 Å². The molecule has 1 heterocycles. The predicted octanol–water partition coefficient (Wildman–Crippen LogP) is 3.22. The number of halogens is 1. The van der Waals surface area contributed by atoms with Crippen molar-refractivity contribution in [2.45, 2.75) is 32.4 Å². The molecule has 18 heavy (non-hydrogen) atoms. The molecule has 1 atom stereocenters. The Morgan fingerprint density at radius 1 is 1.39 bits per heavy atom. The van der Waals surface area contributed by atoms with Gasteiger partial charge in [-0.1, -0.05) is 36.7 Å². The third-order valence-electron chi connectivity index (χ3n) is 2.91. The molecule has 0 spiro atoms. The first-order chi connectivity index (χ1) is 8.72. The molecule has 0 saturated heterocycles. The first kappa shape index (κ1) is 13.1. The van der Waals surface area contributed by atoms with Gasteiger partial charge in [0.15, 0.2) is 0 Å². The molecule has 0 amide bonds. The van der Waals surface area contributed by atoms with Gasteiger partial charge in [-0.2, -0.15) is 0 Å². The number of hydrogen-bond acceptors (Lipinski definition) is 2. The lowest BCUT2D eigenvalue weighted by molar-refractivity contribution is 0.174. The van der Waals surface area contributed by atoms with Crippen LogP contribution in [0.15, 0.2) is 36.7 Å². The predicted molar refractivity (Wildman–Crippen MR) is 72.6 cm³/mol. The summed E-state index contributed by atoms with van der Waals surface area (Å²) in [6, 6.07) is 7.37. The number of aliphatic hydroxyl groups is 1. The van der Waals surface area contributed by atoms with Crippen LogP contribution in [-0.2, 0) is 13.0 Å². The monoisotopic (exact) mass is 264 g/mol. The summed E-state index contributed by atoms with van der Waals surface area (Å²) in [7, 11) is 0. The van der Waals surface area contributed by atoms with E-state index >= 15 is 0 Å². The standard InChI is InChI=1S/C14H17ClN2O/c1-2-8-17-9-7-16-14(17)10-13(18)11-5-3-4-6-12(11)15/h3-7,9,13,18H,2,8,10H2,1H3. The van der Waals surface area contributed by atoms with Gasteiger partial charge < -0.3 is 9.67 Å². The molecular formula is C14H17ClN2O. The van der Waals surface area contributed by atoms with E-state index in [4.69, 9.17) is 11.6 Å². The number of aliphatic hydroxyl groups excluding tert-OH is 1. The fourth-order valence-corrected chi connectivity index (χ4v) is 2.26. The van der Waals surface area contributed by atoms with Crippen molar-refractivity contribution in [3.8, 4) is 0 Å². The Bertz CT molecular complexity index is 510. The molecule has 4 heteroatoms. The molecule has 1 N–H and O–H groups in total. The highest BCUT2D eigenvalue weighted by Gasteiger charge is 2.14. The van der Waals surface area contributed by atoms with Gasteiger partial charge in [0.1, 0.15) is 5.82 Å². The molecule has 0 radical (unpaired) electrons. The number of aryl methyl sites for hydroxylation is 1. The zero-order valence-electron chi connectivity index (χ0n) is 10.4. The van der Waals surface area contributed by atoms with Crippen LogP contribution in [0, 0.1) is 0 Å². The second-order valence-corrected chi connectivity index (χ2v) is 4.69.